The molecule has 2 aromatic rings. The fourth-order valence-electron chi connectivity index (χ4n) is 2.57. The number of Topliss-reactive ketones (excluding diaryl/α,β-unsaturated/α-hetero) is 1. The molecule has 0 aromatic carbocycles. The van der Waals surface area contributed by atoms with Crippen LogP contribution in [0.15, 0.2) is 22.7 Å². The molecule has 2 aliphatic rings. The Hall–Kier alpha value is -1.97. The molecular formula is C15H14N2O2. The van der Waals surface area contributed by atoms with Gasteiger partial charge in [0.15, 0.2) is 5.78 Å². The molecule has 0 bridgehead atoms. The lowest BCUT2D eigenvalue weighted by atomic mass is 10.0. The van der Waals surface area contributed by atoms with E-state index in [1.807, 2.05) is 12.1 Å². The lowest BCUT2D eigenvalue weighted by Crippen LogP contribution is -2.09. The maximum atomic E-state index is 11.8. The Morgan fingerprint density at radius 2 is 2.16 bits per heavy atom. The van der Waals surface area contributed by atoms with Gasteiger partial charge in [0, 0.05) is 36.2 Å². The van der Waals surface area contributed by atoms with E-state index in [9.17, 15) is 4.79 Å². The normalized spacial score (nSPS) is 18.4. The average Bonchev–Trinajstić information content (AvgIpc) is 3.19. The summed E-state index contributed by atoms with van der Waals surface area (Å²) >= 11 is 0. The van der Waals surface area contributed by atoms with Gasteiger partial charge in [0.25, 0.3) is 0 Å². The second-order valence-corrected chi connectivity index (χ2v) is 5.31. The van der Waals surface area contributed by atoms with Gasteiger partial charge in [-0.15, -0.1) is 0 Å². The number of ketones is 1. The summed E-state index contributed by atoms with van der Waals surface area (Å²) in [7, 11) is 0. The van der Waals surface area contributed by atoms with E-state index >= 15 is 0 Å². The largest absolute Gasteiger partial charge is 0.440 e. The number of aryl methyl sites for hydroxylation is 1. The Morgan fingerprint density at radius 1 is 1.26 bits per heavy atom. The van der Waals surface area contributed by atoms with Crippen molar-refractivity contribution in [1.29, 1.82) is 0 Å². The summed E-state index contributed by atoms with van der Waals surface area (Å²) < 4.78 is 5.76. The van der Waals surface area contributed by atoms with E-state index < -0.39 is 0 Å². The van der Waals surface area contributed by atoms with Crippen molar-refractivity contribution >= 4 is 5.78 Å². The number of fused-ring (bicyclic) bond motifs is 1. The van der Waals surface area contributed by atoms with Crippen molar-refractivity contribution in [2.24, 2.45) is 0 Å². The number of rotatable bonds is 2. The highest BCUT2D eigenvalue weighted by Crippen LogP contribution is 2.40. The van der Waals surface area contributed by atoms with Gasteiger partial charge in [-0.2, -0.15) is 0 Å². The van der Waals surface area contributed by atoms with Crippen molar-refractivity contribution in [3.8, 4) is 11.5 Å². The number of oxazole rings is 1. The van der Waals surface area contributed by atoms with Gasteiger partial charge in [-0.05, 0) is 31.4 Å². The summed E-state index contributed by atoms with van der Waals surface area (Å²) in [5.41, 5.74) is 2.57. The summed E-state index contributed by atoms with van der Waals surface area (Å²) in [6.07, 6.45) is 6.50. The zero-order valence-corrected chi connectivity index (χ0v) is 10.6. The first-order valence-corrected chi connectivity index (χ1v) is 6.80. The Kier molecular flexibility index (Phi) is 2.31. The third-order valence-corrected chi connectivity index (χ3v) is 3.79. The van der Waals surface area contributed by atoms with Gasteiger partial charge in [-0.1, -0.05) is 0 Å². The fraction of sp³-hybridized carbons (Fsp3) is 0.400. The van der Waals surface area contributed by atoms with Gasteiger partial charge in [0.1, 0.15) is 11.5 Å². The zero-order valence-electron chi connectivity index (χ0n) is 10.6. The van der Waals surface area contributed by atoms with E-state index in [2.05, 4.69) is 9.97 Å². The van der Waals surface area contributed by atoms with E-state index in [0.717, 1.165) is 29.9 Å². The number of hydrogen-bond donors (Lipinski definition) is 0. The Bertz CT molecular complexity index is 656. The number of aromatic nitrogens is 2. The lowest BCUT2D eigenvalue weighted by molar-refractivity contribution is 0.0965. The van der Waals surface area contributed by atoms with Crippen LogP contribution in [0, 0.1) is 0 Å². The number of hydrogen-bond acceptors (Lipinski definition) is 4. The molecule has 19 heavy (non-hydrogen) atoms. The highest BCUT2D eigenvalue weighted by molar-refractivity contribution is 5.96. The van der Waals surface area contributed by atoms with E-state index in [1.165, 1.54) is 12.8 Å². The van der Waals surface area contributed by atoms with Gasteiger partial charge in [-0.25, -0.2) is 4.98 Å². The Morgan fingerprint density at radius 3 is 2.95 bits per heavy atom. The van der Waals surface area contributed by atoms with Gasteiger partial charge in [-0.3, -0.25) is 9.78 Å². The molecule has 4 heteroatoms. The van der Waals surface area contributed by atoms with Crippen LogP contribution >= 0.6 is 0 Å². The van der Waals surface area contributed by atoms with Gasteiger partial charge >= 0.3 is 0 Å². The smallest absolute Gasteiger partial charge is 0.227 e. The average molecular weight is 254 g/mol. The molecule has 0 aliphatic heterocycles. The first-order valence-electron chi connectivity index (χ1n) is 6.80. The number of carbonyl (C=O) groups excluding carboxylic acids is 1. The topological polar surface area (TPSA) is 56.0 Å². The minimum absolute atomic E-state index is 0.104. The van der Waals surface area contributed by atoms with Crippen molar-refractivity contribution in [1.82, 2.24) is 9.97 Å². The molecule has 4 nitrogen and oxygen atoms in total. The molecule has 2 aromatic heterocycles. The third kappa shape index (κ3) is 1.87. The third-order valence-electron chi connectivity index (χ3n) is 3.79. The van der Waals surface area contributed by atoms with Crippen molar-refractivity contribution in [3.63, 3.8) is 0 Å². The van der Waals surface area contributed by atoms with E-state index in [-0.39, 0.29) is 5.78 Å². The molecular weight excluding hydrogens is 240 g/mol. The fourth-order valence-corrected chi connectivity index (χ4v) is 2.57. The zero-order chi connectivity index (χ0) is 12.8. The van der Waals surface area contributed by atoms with E-state index in [1.54, 1.807) is 6.20 Å². The summed E-state index contributed by atoms with van der Waals surface area (Å²) in [6, 6.07) is 3.94. The molecule has 0 N–H and O–H groups in total. The SMILES string of the molecule is O=C1CCCc2oc(-c3ccnc(C4CC4)c3)nc21. The predicted octanol–water partition coefficient (Wildman–Crippen LogP) is 3.13. The van der Waals surface area contributed by atoms with Crippen LogP contribution in [0.2, 0.25) is 0 Å². The summed E-state index contributed by atoms with van der Waals surface area (Å²) in [4.78, 5) is 20.5. The molecule has 0 atom stereocenters. The van der Waals surface area contributed by atoms with Crippen LogP contribution in [0.5, 0.6) is 0 Å². The van der Waals surface area contributed by atoms with Crippen LogP contribution in [0.3, 0.4) is 0 Å². The second kappa shape index (κ2) is 4.02. The first-order chi connectivity index (χ1) is 9.31. The molecule has 4 rings (SSSR count). The number of nitrogens with zero attached hydrogens (tertiary/aromatic N) is 2. The quantitative estimate of drug-likeness (QED) is 0.826. The highest BCUT2D eigenvalue weighted by atomic mass is 16.4. The molecule has 1 fully saturated rings. The van der Waals surface area contributed by atoms with Crippen LogP contribution in [0.4, 0.5) is 0 Å². The maximum absolute atomic E-state index is 11.8. The molecule has 2 heterocycles. The van der Waals surface area contributed by atoms with Crippen molar-refractivity contribution in [2.75, 3.05) is 0 Å². The number of pyridine rings is 1. The van der Waals surface area contributed by atoms with Crippen LogP contribution in [-0.4, -0.2) is 15.8 Å². The molecule has 0 unspecified atom stereocenters. The molecule has 0 amide bonds. The molecule has 0 spiro atoms. The molecule has 0 radical (unpaired) electrons. The van der Waals surface area contributed by atoms with Gasteiger partial charge in [0.2, 0.25) is 5.89 Å². The van der Waals surface area contributed by atoms with Crippen molar-refractivity contribution in [2.45, 2.75) is 38.0 Å². The molecule has 96 valence electrons. The maximum Gasteiger partial charge on any atom is 0.227 e. The van der Waals surface area contributed by atoms with E-state index in [4.69, 9.17) is 4.42 Å². The minimum atomic E-state index is 0.104. The predicted molar refractivity (Wildman–Crippen MR) is 69.0 cm³/mol. The standard InChI is InChI=1S/C15H14N2O2/c18-12-2-1-3-13-14(12)17-15(19-13)10-6-7-16-11(8-10)9-4-5-9/h6-9H,1-5H2. The second-order valence-electron chi connectivity index (χ2n) is 5.31. The summed E-state index contributed by atoms with van der Waals surface area (Å²) in [5.74, 6) is 2.01. The Labute approximate surface area is 110 Å². The summed E-state index contributed by atoms with van der Waals surface area (Å²) in [6.45, 7) is 0. The molecule has 2 aliphatic carbocycles. The van der Waals surface area contributed by atoms with Crippen LogP contribution in [0.25, 0.3) is 11.5 Å². The van der Waals surface area contributed by atoms with Gasteiger partial charge < -0.3 is 4.42 Å². The number of carbonyl (C=O) groups is 1. The van der Waals surface area contributed by atoms with Gasteiger partial charge in [0.05, 0.1) is 0 Å². The molecule has 1 saturated carbocycles. The highest BCUT2D eigenvalue weighted by Gasteiger charge is 2.27. The van der Waals surface area contributed by atoms with Crippen molar-refractivity contribution in [3.05, 3.63) is 35.5 Å². The molecule has 0 saturated heterocycles. The van der Waals surface area contributed by atoms with Crippen molar-refractivity contribution < 1.29 is 9.21 Å². The monoisotopic (exact) mass is 254 g/mol. The van der Waals surface area contributed by atoms with Crippen LogP contribution in [-0.2, 0) is 6.42 Å². The van der Waals surface area contributed by atoms with Crippen LogP contribution in [0.1, 0.15) is 53.5 Å². The van der Waals surface area contributed by atoms with E-state index in [0.29, 0.717) is 23.9 Å². The van der Waals surface area contributed by atoms with Crippen LogP contribution < -0.4 is 0 Å². The summed E-state index contributed by atoms with van der Waals surface area (Å²) in [5, 5.41) is 0. The minimum Gasteiger partial charge on any atom is -0.440 e. The first kappa shape index (κ1) is 10.9. The Balaban J connectivity index is 1.75. The lowest BCUT2D eigenvalue weighted by Gasteiger charge is -2.04.